The molecule has 0 spiro atoms. The first-order valence-corrected chi connectivity index (χ1v) is 12.0. The summed E-state index contributed by atoms with van der Waals surface area (Å²) in [6.07, 6.45) is -5.08. The molecule has 1 heterocycles. The molecule has 3 aromatic carbocycles. The van der Waals surface area contributed by atoms with E-state index >= 15 is 0 Å². The van der Waals surface area contributed by atoms with Crippen LogP contribution < -0.4 is 25.0 Å². The summed E-state index contributed by atoms with van der Waals surface area (Å²) in [6.45, 7) is 5.56. The number of nitrogens with one attached hydrogen (secondary N) is 1. The molecule has 40 heavy (non-hydrogen) atoms. The Labute approximate surface area is 226 Å². The second-order valence-corrected chi connectivity index (χ2v) is 9.80. The summed E-state index contributed by atoms with van der Waals surface area (Å²) in [5.74, 6) is -3.71. The van der Waals surface area contributed by atoms with E-state index < -0.39 is 47.0 Å². The van der Waals surface area contributed by atoms with Crippen LogP contribution in [-0.4, -0.2) is 19.6 Å². The second kappa shape index (κ2) is 10.9. The van der Waals surface area contributed by atoms with Gasteiger partial charge in [-0.1, -0.05) is 26.8 Å². The summed E-state index contributed by atoms with van der Waals surface area (Å²) in [5, 5.41) is 2.49. The van der Waals surface area contributed by atoms with Gasteiger partial charge in [-0.25, -0.2) is 4.39 Å². The lowest BCUT2D eigenvalue weighted by atomic mass is 9.87. The van der Waals surface area contributed by atoms with Crippen molar-refractivity contribution < 1.29 is 41.0 Å². The van der Waals surface area contributed by atoms with Crippen LogP contribution in [0, 0.1) is 5.82 Å². The number of anilines is 1. The van der Waals surface area contributed by atoms with Crippen LogP contribution in [0.5, 0.6) is 23.0 Å². The number of methoxy groups -OCH3 is 1. The number of rotatable bonds is 7. The summed E-state index contributed by atoms with van der Waals surface area (Å²) in [4.78, 5) is 25.5. The zero-order valence-electron chi connectivity index (χ0n) is 21.9. The molecular weight excluding hydrogens is 534 g/mol. The van der Waals surface area contributed by atoms with Gasteiger partial charge in [0.05, 0.1) is 18.2 Å². The highest BCUT2D eigenvalue weighted by molar-refractivity contribution is 5.93. The van der Waals surface area contributed by atoms with Crippen LogP contribution >= 0.6 is 0 Å². The van der Waals surface area contributed by atoms with Crippen molar-refractivity contribution in [2.75, 3.05) is 19.0 Å². The van der Waals surface area contributed by atoms with Crippen molar-refractivity contribution in [2.24, 2.45) is 0 Å². The number of hydrogen-bond donors (Lipinski definition) is 1. The molecule has 1 aromatic heterocycles. The molecule has 0 bridgehead atoms. The average Bonchev–Trinajstić information content (AvgIpc) is 2.89. The highest BCUT2D eigenvalue weighted by Crippen LogP contribution is 2.39. The molecule has 0 saturated heterocycles. The van der Waals surface area contributed by atoms with E-state index in [4.69, 9.17) is 18.6 Å². The number of carbonyl (C=O) groups excluding carboxylic acids is 1. The molecule has 1 amide bonds. The molecular formula is C29H25F4NO6. The summed E-state index contributed by atoms with van der Waals surface area (Å²) < 4.78 is 75.5. The van der Waals surface area contributed by atoms with Gasteiger partial charge in [-0.2, -0.15) is 13.2 Å². The van der Waals surface area contributed by atoms with Gasteiger partial charge in [0, 0.05) is 6.07 Å². The Morgan fingerprint density at radius 2 is 1.62 bits per heavy atom. The third-order valence-electron chi connectivity index (χ3n) is 5.82. The maximum absolute atomic E-state index is 13.8. The van der Waals surface area contributed by atoms with Crippen LogP contribution in [0.2, 0.25) is 0 Å². The summed E-state index contributed by atoms with van der Waals surface area (Å²) in [7, 11) is 1.46. The van der Waals surface area contributed by atoms with Crippen LogP contribution in [0.15, 0.2) is 69.9 Å². The van der Waals surface area contributed by atoms with Gasteiger partial charge in [0.25, 0.3) is 11.7 Å². The number of hydrogen-bond acceptors (Lipinski definition) is 6. The predicted octanol–water partition coefficient (Wildman–Crippen LogP) is 7.07. The number of ether oxygens (including phenoxy) is 3. The van der Waals surface area contributed by atoms with Gasteiger partial charge in [0.1, 0.15) is 28.6 Å². The number of fused-ring (bicyclic) bond motifs is 1. The van der Waals surface area contributed by atoms with Crippen molar-refractivity contribution in [3.05, 3.63) is 88.0 Å². The van der Waals surface area contributed by atoms with Gasteiger partial charge in [-0.05, 0) is 59.5 Å². The van der Waals surface area contributed by atoms with Crippen molar-refractivity contribution in [2.45, 2.75) is 32.4 Å². The topological polar surface area (TPSA) is 87.0 Å². The molecule has 0 fully saturated rings. The average molecular weight is 560 g/mol. The monoisotopic (exact) mass is 559 g/mol. The fourth-order valence-corrected chi connectivity index (χ4v) is 3.75. The van der Waals surface area contributed by atoms with Crippen LogP contribution in [0.4, 0.5) is 23.2 Å². The smallest absolute Gasteiger partial charge is 0.453 e. The van der Waals surface area contributed by atoms with Crippen LogP contribution in [0.3, 0.4) is 0 Å². The molecule has 1 N–H and O–H groups in total. The van der Waals surface area contributed by atoms with Crippen molar-refractivity contribution in [1.29, 1.82) is 0 Å². The molecule has 7 nitrogen and oxygen atoms in total. The molecule has 0 aliphatic rings. The van der Waals surface area contributed by atoms with E-state index in [1.807, 2.05) is 26.8 Å². The molecule has 0 unspecified atom stereocenters. The fraction of sp³-hybridized carbons (Fsp3) is 0.241. The summed E-state index contributed by atoms with van der Waals surface area (Å²) in [6, 6.07) is 13.1. The Bertz CT molecular complexity index is 1600. The number of amides is 1. The van der Waals surface area contributed by atoms with Crippen LogP contribution in [0.25, 0.3) is 11.0 Å². The quantitative estimate of drug-likeness (QED) is 0.244. The number of carbonyl (C=O) groups is 1. The maximum atomic E-state index is 13.8. The molecule has 0 aliphatic heterocycles. The van der Waals surface area contributed by atoms with E-state index in [1.54, 1.807) is 12.1 Å². The molecule has 11 heteroatoms. The standard InChI is InChI=1S/C29H25F4NO6/c1-28(2,3)16-5-12-22(37-4)21(13-16)34-24(35)15-38-19-10-11-20-23(14-19)40-27(29(31,32)33)26(25(20)36)39-18-8-6-17(30)7-9-18/h5-14H,15H2,1-4H3,(H,34,35). The predicted molar refractivity (Wildman–Crippen MR) is 140 cm³/mol. The van der Waals surface area contributed by atoms with E-state index in [0.717, 1.165) is 35.9 Å². The van der Waals surface area contributed by atoms with E-state index in [0.29, 0.717) is 11.4 Å². The van der Waals surface area contributed by atoms with Gasteiger partial charge >= 0.3 is 6.18 Å². The number of alkyl halides is 3. The Balaban J connectivity index is 1.58. The minimum Gasteiger partial charge on any atom is -0.495 e. The fourth-order valence-electron chi connectivity index (χ4n) is 3.75. The highest BCUT2D eigenvalue weighted by atomic mass is 19.4. The highest BCUT2D eigenvalue weighted by Gasteiger charge is 2.40. The van der Waals surface area contributed by atoms with E-state index in [2.05, 4.69) is 5.32 Å². The first kappa shape index (κ1) is 28.5. The third kappa shape index (κ3) is 6.36. The second-order valence-electron chi connectivity index (χ2n) is 9.80. The van der Waals surface area contributed by atoms with Gasteiger partial charge < -0.3 is 23.9 Å². The minimum absolute atomic E-state index is 0.0125. The Hall–Kier alpha value is -4.54. The molecule has 4 rings (SSSR count). The van der Waals surface area contributed by atoms with Crippen LogP contribution in [-0.2, 0) is 16.4 Å². The molecule has 0 saturated carbocycles. The first-order valence-electron chi connectivity index (χ1n) is 12.0. The van der Waals surface area contributed by atoms with E-state index in [-0.39, 0.29) is 22.3 Å². The molecule has 4 aromatic rings. The Morgan fingerprint density at radius 3 is 2.25 bits per heavy atom. The molecule has 0 aliphatic carbocycles. The van der Waals surface area contributed by atoms with Gasteiger partial charge in [0.15, 0.2) is 6.61 Å². The van der Waals surface area contributed by atoms with E-state index in [9.17, 15) is 27.2 Å². The summed E-state index contributed by atoms with van der Waals surface area (Å²) >= 11 is 0. The van der Waals surface area contributed by atoms with E-state index in [1.165, 1.54) is 19.2 Å². The molecule has 210 valence electrons. The van der Waals surface area contributed by atoms with Gasteiger partial charge in [-0.3, -0.25) is 9.59 Å². The lowest BCUT2D eigenvalue weighted by Gasteiger charge is -2.21. The van der Waals surface area contributed by atoms with Gasteiger partial charge in [0.2, 0.25) is 11.2 Å². The maximum Gasteiger partial charge on any atom is 0.453 e. The Kier molecular flexibility index (Phi) is 7.77. The normalized spacial score (nSPS) is 11.8. The minimum atomic E-state index is -5.08. The number of benzene rings is 3. The van der Waals surface area contributed by atoms with Crippen molar-refractivity contribution in [3.63, 3.8) is 0 Å². The largest absolute Gasteiger partial charge is 0.495 e. The molecule has 0 radical (unpaired) electrons. The SMILES string of the molecule is COc1ccc(C(C)(C)C)cc1NC(=O)COc1ccc2c(=O)c(Oc3ccc(F)cc3)c(C(F)(F)F)oc2c1. The van der Waals surface area contributed by atoms with Crippen molar-refractivity contribution in [3.8, 4) is 23.0 Å². The zero-order valence-corrected chi connectivity index (χ0v) is 21.9. The first-order chi connectivity index (χ1) is 18.8. The zero-order chi connectivity index (χ0) is 29.2. The number of halogens is 4. The molecule has 0 atom stereocenters. The van der Waals surface area contributed by atoms with Crippen molar-refractivity contribution in [1.82, 2.24) is 0 Å². The lowest BCUT2D eigenvalue weighted by molar-refractivity contribution is -0.154. The van der Waals surface area contributed by atoms with Crippen molar-refractivity contribution >= 4 is 22.6 Å². The van der Waals surface area contributed by atoms with Gasteiger partial charge in [-0.15, -0.1) is 0 Å². The lowest BCUT2D eigenvalue weighted by Crippen LogP contribution is -2.21. The Morgan fingerprint density at radius 1 is 0.950 bits per heavy atom. The third-order valence-corrected chi connectivity index (χ3v) is 5.82. The van der Waals surface area contributed by atoms with Crippen LogP contribution in [0.1, 0.15) is 32.1 Å². The summed E-state index contributed by atoms with van der Waals surface area (Å²) in [5.41, 5.74) is -0.320.